The molecule has 2 N–H and O–H groups in total. The van der Waals surface area contributed by atoms with E-state index in [1.165, 1.54) is 0 Å². The van der Waals surface area contributed by atoms with E-state index in [-0.39, 0.29) is 6.42 Å². The molecule has 4 rings (SSSR count). The zero-order valence-electron chi connectivity index (χ0n) is 22.0. The number of nitrogens with one attached hydrogen (secondary N) is 2. The minimum atomic E-state index is -0.967. The monoisotopic (exact) mass is 552 g/mol. The summed E-state index contributed by atoms with van der Waals surface area (Å²) in [6.07, 6.45) is 2.99. The number of nitrogens with zero attached hydrogens (tertiary/aromatic N) is 2. The molecule has 0 fully saturated rings. The van der Waals surface area contributed by atoms with Crippen molar-refractivity contribution in [2.45, 2.75) is 38.1 Å². The zero-order valence-corrected chi connectivity index (χ0v) is 22.7. The molecule has 0 aliphatic rings. The zero-order chi connectivity index (χ0) is 28.3. The topological polar surface area (TPSA) is 104 Å². The van der Waals surface area contributed by atoms with Gasteiger partial charge in [-0.05, 0) is 53.9 Å². The number of ether oxygens (including phenoxy) is 1. The quantitative estimate of drug-likeness (QED) is 0.261. The Morgan fingerprint density at radius 2 is 1.68 bits per heavy atom. The summed E-state index contributed by atoms with van der Waals surface area (Å²) in [5.74, 6) is -0.923. The molecule has 0 unspecified atom stereocenters. The van der Waals surface area contributed by atoms with Crippen LogP contribution in [-0.2, 0) is 22.6 Å². The van der Waals surface area contributed by atoms with Crippen LogP contribution in [0.5, 0.6) is 0 Å². The van der Waals surface area contributed by atoms with Crippen molar-refractivity contribution in [2.75, 3.05) is 0 Å². The van der Waals surface area contributed by atoms with Gasteiger partial charge in [0.05, 0.1) is 18.8 Å². The van der Waals surface area contributed by atoms with E-state index in [4.69, 9.17) is 16.3 Å². The van der Waals surface area contributed by atoms with Crippen molar-refractivity contribution >= 4 is 23.4 Å². The van der Waals surface area contributed by atoms with Crippen LogP contribution in [0.1, 0.15) is 28.4 Å². The predicted molar refractivity (Wildman–Crippen MR) is 154 cm³/mol. The summed E-state index contributed by atoms with van der Waals surface area (Å²) in [5, 5.41) is 15.9. The molecule has 3 aromatic carbocycles. The first-order valence-electron chi connectivity index (χ1n) is 12.8. The lowest BCUT2D eigenvalue weighted by Crippen LogP contribution is -2.52. The van der Waals surface area contributed by atoms with Crippen molar-refractivity contribution in [3.63, 3.8) is 0 Å². The van der Waals surface area contributed by atoms with Crippen molar-refractivity contribution in [1.29, 1.82) is 5.26 Å². The Morgan fingerprint density at radius 1 is 0.925 bits per heavy atom. The molecule has 0 spiro atoms. The average molecular weight is 553 g/mol. The number of benzene rings is 3. The fraction of sp³-hybridized carbons (Fsp3) is 0.188. The molecule has 0 radical (unpaired) electrons. The van der Waals surface area contributed by atoms with Crippen LogP contribution in [0.2, 0.25) is 5.02 Å². The van der Waals surface area contributed by atoms with Crippen molar-refractivity contribution < 1.29 is 14.3 Å². The van der Waals surface area contributed by atoms with E-state index in [0.717, 1.165) is 22.3 Å². The van der Waals surface area contributed by atoms with Crippen LogP contribution in [0.3, 0.4) is 0 Å². The summed E-state index contributed by atoms with van der Waals surface area (Å²) in [6.45, 7) is 2.03. The number of aromatic nitrogens is 1. The van der Waals surface area contributed by atoms with Gasteiger partial charge in [-0.25, -0.2) is 0 Å². The van der Waals surface area contributed by atoms with E-state index in [9.17, 15) is 14.9 Å². The van der Waals surface area contributed by atoms with Crippen LogP contribution in [0.15, 0.2) is 103 Å². The van der Waals surface area contributed by atoms with E-state index in [1.807, 2.05) is 54.6 Å². The van der Waals surface area contributed by atoms with Gasteiger partial charge in [-0.15, -0.1) is 0 Å². The van der Waals surface area contributed by atoms with Crippen LogP contribution in [0.4, 0.5) is 0 Å². The van der Waals surface area contributed by atoms with Gasteiger partial charge in [0.1, 0.15) is 12.1 Å². The van der Waals surface area contributed by atoms with Gasteiger partial charge in [0.15, 0.2) is 0 Å². The SMILES string of the molecule is C[C@@H](OCc1ccccc1)[C@@H](C#N)NC(=O)[C@H](Cc1cccc(Cl)c1)NC(=O)c1cccc(-c2cccnc2)c1. The number of hydrogen-bond acceptors (Lipinski definition) is 5. The maximum Gasteiger partial charge on any atom is 0.251 e. The second-order valence-corrected chi connectivity index (χ2v) is 9.74. The van der Waals surface area contributed by atoms with E-state index in [2.05, 4.69) is 21.7 Å². The van der Waals surface area contributed by atoms with Gasteiger partial charge >= 0.3 is 0 Å². The van der Waals surface area contributed by atoms with Gasteiger partial charge in [-0.3, -0.25) is 14.6 Å². The third-order valence-corrected chi connectivity index (χ3v) is 6.57. The largest absolute Gasteiger partial charge is 0.371 e. The number of halogens is 1. The number of hydrogen-bond donors (Lipinski definition) is 2. The van der Waals surface area contributed by atoms with Crippen LogP contribution in [0, 0.1) is 11.3 Å². The normalized spacial score (nSPS) is 12.9. The first-order chi connectivity index (χ1) is 19.4. The van der Waals surface area contributed by atoms with E-state index >= 15 is 0 Å². The number of pyridine rings is 1. The Balaban J connectivity index is 1.49. The maximum absolute atomic E-state index is 13.5. The average Bonchev–Trinajstić information content (AvgIpc) is 2.99. The predicted octanol–water partition coefficient (Wildman–Crippen LogP) is 5.36. The van der Waals surface area contributed by atoms with E-state index in [1.54, 1.807) is 55.7 Å². The summed E-state index contributed by atoms with van der Waals surface area (Å²) >= 11 is 6.17. The number of amides is 2. The third kappa shape index (κ3) is 8.00. The summed E-state index contributed by atoms with van der Waals surface area (Å²) in [7, 11) is 0. The molecule has 1 aromatic heterocycles. The Bertz CT molecular complexity index is 1470. The molecule has 40 heavy (non-hydrogen) atoms. The van der Waals surface area contributed by atoms with Crippen molar-refractivity contribution in [3.05, 3.63) is 125 Å². The highest BCUT2D eigenvalue weighted by atomic mass is 35.5. The molecule has 3 atom stereocenters. The smallest absolute Gasteiger partial charge is 0.251 e. The van der Waals surface area contributed by atoms with Crippen molar-refractivity contribution in [3.8, 4) is 17.2 Å². The fourth-order valence-corrected chi connectivity index (χ4v) is 4.34. The molecule has 1 heterocycles. The number of carbonyl (C=O) groups excluding carboxylic acids is 2. The summed E-state index contributed by atoms with van der Waals surface area (Å²) in [5.41, 5.74) is 3.80. The maximum atomic E-state index is 13.5. The van der Waals surface area contributed by atoms with E-state index < -0.39 is 30.0 Å². The van der Waals surface area contributed by atoms with Gasteiger partial charge in [-0.1, -0.05) is 72.3 Å². The Kier molecular flexibility index (Phi) is 10.0. The molecule has 0 saturated carbocycles. The third-order valence-electron chi connectivity index (χ3n) is 6.33. The summed E-state index contributed by atoms with van der Waals surface area (Å²) in [4.78, 5) is 30.9. The summed E-state index contributed by atoms with van der Waals surface area (Å²) in [6, 6.07) is 27.7. The number of rotatable bonds is 11. The highest BCUT2D eigenvalue weighted by molar-refractivity contribution is 6.30. The highest BCUT2D eigenvalue weighted by Gasteiger charge is 2.27. The lowest BCUT2D eigenvalue weighted by molar-refractivity contribution is -0.124. The Hall–Kier alpha value is -4.51. The van der Waals surface area contributed by atoms with Gasteiger partial charge in [0.2, 0.25) is 5.91 Å². The minimum absolute atomic E-state index is 0.178. The number of nitriles is 1. The van der Waals surface area contributed by atoms with Crippen molar-refractivity contribution in [2.24, 2.45) is 0 Å². The Morgan fingerprint density at radius 3 is 2.40 bits per heavy atom. The first-order valence-corrected chi connectivity index (χ1v) is 13.2. The highest BCUT2D eigenvalue weighted by Crippen LogP contribution is 2.20. The van der Waals surface area contributed by atoms with Crippen LogP contribution in [0.25, 0.3) is 11.1 Å². The molecule has 0 aliphatic heterocycles. The van der Waals surface area contributed by atoms with Gasteiger partial charge in [-0.2, -0.15) is 5.26 Å². The van der Waals surface area contributed by atoms with Gasteiger partial charge in [0, 0.05) is 35.0 Å². The van der Waals surface area contributed by atoms with Crippen LogP contribution < -0.4 is 10.6 Å². The van der Waals surface area contributed by atoms with Crippen molar-refractivity contribution in [1.82, 2.24) is 15.6 Å². The minimum Gasteiger partial charge on any atom is -0.371 e. The van der Waals surface area contributed by atoms with Crippen LogP contribution >= 0.6 is 11.6 Å². The molecular weight excluding hydrogens is 524 g/mol. The molecule has 8 heteroatoms. The van der Waals surface area contributed by atoms with Gasteiger partial charge < -0.3 is 15.4 Å². The second-order valence-electron chi connectivity index (χ2n) is 9.30. The molecule has 0 bridgehead atoms. The summed E-state index contributed by atoms with van der Waals surface area (Å²) < 4.78 is 5.85. The van der Waals surface area contributed by atoms with E-state index in [0.29, 0.717) is 17.2 Å². The standard InChI is InChI=1S/C32H29ClN4O3/c1-22(40-21-23-8-3-2-4-9-23)30(19-34)37-32(39)29(17-24-10-5-14-28(33)16-24)36-31(38)26-12-6-11-25(18-26)27-13-7-15-35-20-27/h2-16,18,20,22,29-30H,17,21H2,1H3,(H,36,38)(H,37,39)/t22-,29+,30-/m1/s1. The fourth-order valence-electron chi connectivity index (χ4n) is 4.13. The lowest BCUT2D eigenvalue weighted by atomic mass is 10.0. The molecule has 0 aliphatic carbocycles. The second kappa shape index (κ2) is 14.0. The molecule has 0 saturated heterocycles. The molecule has 202 valence electrons. The number of carbonyl (C=O) groups is 2. The molecule has 4 aromatic rings. The molecule has 2 amide bonds. The van der Waals surface area contributed by atoms with Crippen LogP contribution in [-0.4, -0.2) is 35.0 Å². The van der Waals surface area contributed by atoms with Gasteiger partial charge in [0.25, 0.3) is 5.91 Å². The molecular formula is C32H29ClN4O3. The lowest BCUT2D eigenvalue weighted by Gasteiger charge is -2.24. The first kappa shape index (κ1) is 28.5. The Labute approximate surface area is 238 Å². The molecule has 7 nitrogen and oxygen atoms in total.